The lowest BCUT2D eigenvalue weighted by Crippen LogP contribution is -1.95. The van der Waals surface area contributed by atoms with Gasteiger partial charge < -0.3 is 5.11 Å². The minimum Gasteiger partial charge on any atom is -0.477 e. The summed E-state index contributed by atoms with van der Waals surface area (Å²) >= 11 is 1.10. The van der Waals surface area contributed by atoms with Gasteiger partial charge in [0.25, 0.3) is 0 Å². The fourth-order valence-corrected chi connectivity index (χ4v) is 3.12. The van der Waals surface area contributed by atoms with E-state index in [1.807, 2.05) is 31.2 Å². The van der Waals surface area contributed by atoms with Crippen molar-refractivity contribution in [1.29, 1.82) is 0 Å². The average molecular weight is 313 g/mol. The standard InChI is InChI=1S/C17H12FNO2S/c1-10-4-2-6-12(8-10)16-19-14(15(22-16)17(20)21)11-5-3-7-13(18)9-11/h2-9H,1H3,(H,20,21). The van der Waals surface area contributed by atoms with Crippen molar-refractivity contribution in [2.75, 3.05) is 0 Å². The van der Waals surface area contributed by atoms with Crippen molar-refractivity contribution in [3.63, 3.8) is 0 Å². The predicted molar refractivity (Wildman–Crippen MR) is 84.6 cm³/mol. The quantitative estimate of drug-likeness (QED) is 0.767. The van der Waals surface area contributed by atoms with Crippen molar-refractivity contribution in [2.45, 2.75) is 6.92 Å². The topological polar surface area (TPSA) is 50.2 Å². The van der Waals surface area contributed by atoms with E-state index in [1.54, 1.807) is 12.1 Å². The molecule has 0 radical (unpaired) electrons. The SMILES string of the molecule is Cc1cccc(-c2nc(-c3cccc(F)c3)c(C(=O)O)s2)c1. The number of nitrogens with zero attached hydrogens (tertiary/aromatic N) is 1. The van der Waals surface area contributed by atoms with Crippen LogP contribution in [0.3, 0.4) is 0 Å². The number of thiazole rings is 1. The number of aromatic nitrogens is 1. The summed E-state index contributed by atoms with van der Waals surface area (Å²) < 4.78 is 13.4. The maximum Gasteiger partial charge on any atom is 0.348 e. The average Bonchev–Trinajstić information content (AvgIpc) is 2.92. The number of carboxylic acids is 1. The van der Waals surface area contributed by atoms with Gasteiger partial charge in [0.05, 0.1) is 5.69 Å². The number of carbonyl (C=O) groups is 1. The minimum absolute atomic E-state index is 0.113. The summed E-state index contributed by atoms with van der Waals surface area (Å²) in [5.41, 5.74) is 2.69. The molecule has 3 nitrogen and oxygen atoms in total. The molecule has 1 heterocycles. The third-order valence-electron chi connectivity index (χ3n) is 3.18. The highest BCUT2D eigenvalue weighted by Crippen LogP contribution is 2.34. The van der Waals surface area contributed by atoms with Gasteiger partial charge in [-0.1, -0.05) is 35.9 Å². The van der Waals surface area contributed by atoms with Gasteiger partial charge in [0.1, 0.15) is 15.7 Å². The Hall–Kier alpha value is -2.53. The number of hydrogen-bond acceptors (Lipinski definition) is 3. The van der Waals surface area contributed by atoms with Gasteiger partial charge >= 0.3 is 5.97 Å². The number of benzene rings is 2. The summed E-state index contributed by atoms with van der Waals surface area (Å²) in [6.45, 7) is 1.96. The third-order valence-corrected chi connectivity index (χ3v) is 4.28. The zero-order valence-electron chi connectivity index (χ0n) is 11.7. The summed E-state index contributed by atoms with van der Waals surface area (Å²) in [5, 5.41) is 10.00. The molecule has 0 saturated carbocycles. The van der Waals surface area contributed by atoms with Crippen molar-refractivity contribution < 1.29 is 14.3 Å². The van der Waals surface area contributed by atoms with Crippen LogP contribution in [-0.2, 0) is 0 Å². The molecule has 5 heteroatoms. The lowest BCUT2D eigenvalue weighted by atomic mass is 10.1. The Kier molecular flexibility index (Phi) is 3.73. The summed E-state index contributed by atoms with van der Waals surface area (Å²) in [6, 6.07) is 13.5. The summed E-state index contributed by atoms with van der Waals surface area (Å²) in [5.74, 6) is -1.48. The van der Waals surface area contributed by atoms with Crippen molar-refractivity contribution in [3.05, 3.63) is 64.8 Å². The molecule has 0 aliphatic heterocycles. The van der Waals surface area contributed by atoms with E-state index in [1.165, 1.54) is 12.1 Å². The van der Waals surface area contributed by atoms with E-state index in [0.29, 0.717) is 16.3 Å². The second-order valence-corrected chi connectivity index (χ2v) is 5.88. The number of aromatic carboxylic acids is 1. The summed E-state index contributed by atoms with van der Waals surface area (Å²) in [4.78, 5) is 16.0. The van der Waals surface area contributed by atoms with Gasteiger partial charge in [-0.3, -0.25) is 0 Å². The van der Waals surface area contributed by atoms with Gasteiger partial charge in [0.15, 0.2) is 0 Å². The molecule has 3 rings (SSSR count). The number of halogens is 1. The van der Waals surface area contributed by atoms with E-state index < -0.39 is 11.8 Å². The Morgan fingerprint density at radius 3 is 2.55 bits per heavy atom. The van der Waals surface area contributed by atoms with E-state index >= 15 is 0 Å². The first-order chi connectivity index (χ1) is 10.5. The van der Waals surface area contributed by atoms with Crippen LogP contribution < -0.4 is 0 Å². The van der Waals surface area contributed by atoms with E-state index in [-0.39, 0.29) is 4.88 Å². The van der Waals surface area contributed by atoms with Crippen LogP contribution in [0.25, 0.3) is 21.8 Å². The first-order valence-electron chi connectivity index (χ1n) is 6.61. The van der Waals surface area contributed by atoms with E-state index in [9.17, 15) is 14.3 Å². The Morgan fingerprint density at radius 2 is 1.86 bits per heavy atom. The van der Waals surface area contributed by atoms with Gasteiger partial charge in [-0.25, -0.2) is 14.2 Å². The molecule has 0 saturated heterocycles. The largest absolute Gasteiger partial charge is 0.477 e. The van der Waals surface area contributed by atoms with Gasteiger partial charge in [-0.05, 0) is 25.1 Å². The molecule has 1 aromatic heterocycles. The molecule has 0 spiro atoms. The van der Waals surface area contributed by atoms with Crippen LogP contribution in [0.4, 0.5) is 4.39 Å². The Bertz CT molecular complexity index is 857. The van der Waals surface area contributed by atoms with Gasteiger partial charge in [-0.2, -0.15) is 0 Å². The zero-order chi connectivity index (χ0) is 15.7. The molecule has 0 bridgehead atoms. The molecule has 0 fully saturated rings. The van der Waals surface area contributed by atoms with Crippen LogP contribution in [0.5, 0.6) is 0 Å². The smallest absolute Gasteiger partial charge is 0.348 e. The van der Waals surface area contributed by atoms with E-state index in [2.05, 4.69) is 4.98 Å². The molecule has 3 aromatic rings. The molecule has 0 aliphatic carbocycles. The molecular weight excluding hydrogens is 301 g/mol. The van der Waals surface area contributed by atoms with Crippen molar-refractivity contribution in [1.82, 2.24) is 4.98 Å². The number of hydrogen-bond donors (Lipinski definition) is 1. The van der Waals surface area contributed by atoms with Crippen molar-refractivity contribution in [2.24, 2.45) is 0 Å². The Balaban J connectivity index is 2.16. The first kappa shape index (κ1) is 14.4. The van der Waals surface area contributed by atoms with Crippen LogP contribution in [0, 0.1) is 12.7 Å². The third kappa shape index (κ3) is 2.76. The molecule has 0 aliphatic rings. The highest BCUT2D eigenvalue weighted by atomic mass is 32.1. The van der Waals surface area contributed by atoms with Crippen molar-refractivity contribution >= 4 is 17.3 Å². The zero-order valence-corrected chi connectivity index (χ0v) is 12.5. The fourth-order valence-electron chi connectivity index (χ4n) is 2.20. The minimum atomic E-state index is -1.06. The first-order valence-corrected chi connectivity index (χ1v) is 7.43. The second-order valence-electron chi connectivity index (χ2n) is 4.88. The van der Waals surface area contributed by atoms with Crippen LogP contribution in [0.2, 0.25) is 0 Å². The molecule has 1 N–H and O–H groups in total. The number of aryl methyl sites for hydroxylation is 1. The number of carboxylic acid groups (broad SMARTS) is 1. The molecule has 2 aromatic carbocycles. The van der Waals surface area contributed by atoms with Crippen LogP contribution in [-0.4, -0.2) is 16.1 Å². The van der Waals surface area contributed by atoms with Crippen molar-refractivity contribution in [3.8, 4) is 21.8 Å². The highest BCUT2D eigenvalue weighted by Gasteiger charge is 2.19. The van der Waals surface area contributed by atoms with E-state index in [0.717, 1.165) is 22.5 Å². The van der Waals surface area contributed by atoms with Crippen LogP contribution >= 0.6 is 11.3 Å². The molecule has 0 amide bonds. The normalized spacial score (nSPS) is 10.6. The molecule has 110 valence electrons. The molecule has 22 heavy (non-hydrogen) atoms. The maximum absolute atomic E-state index is 13.4. The maximum atomic E-state index is 13.4. The monoisotopic (exact) mass is 313 g/mol. The highest BCUT2D eigenvalue weighted by molar-refractivity contribution is 7.17. The second kappa shape index (κ2) is 5.69. The van der Waals surface area contributed by atoms with Gasteiger partial charge in [0.2, 0.25) is 0 Å². The van der Waals surface area contributed by atoms with Gasteiger partial charge in [0, 0.05) is 11.1 Å². The molecule has 0 unspecified atom stereocenters. The van der Waals surface area contributed by atoms with Gasteiger partial charge in [-0.15, -0.1) is 11.3 Å². The molecular formula is C17H12FNO2S. The number of rotatable bonds is 3. The van der Waals surface area contributed by atoms with E-state index in [4.69, 9.17) is 0 Å². The molecule has 0 atom stereocenters. The summed E-state index contributed by atoms with van der Waals surface area (Å²) in [6.07, 6.45) is 0. The van der Waals surface area contributed by atoms with Crippen LogP contribution in [0.1, 0.15) is 15.2 Å². The van der Waals surface area contributed by atoms with Crippen LogP contribution in [0.15, 0.2) is 48.5 Å². The Labute approximate surface area is 130 Å². The fraction of sp³-hybridized carbons (Fsp3) is 0.0588. The summed E-state index contributed by atoms with van der Waals surface area (Å²) in [7, 11) is 0. The Morgan fingerprint density at radius 1 is 1.14 bits per heavy atom. The lowest BCUT2D eigenvalue weighted by molar-refractivity contribution is 0.0702. The lowest BCUT2D eigenvalue weighted by Gasteiger charge is -1.99. The predicted octanol–water partition coefficient (Wildman–Crippen LogP) is 4.62.